The maximum atomic E-state index is 13.6. The molecule has 2 N–H and O–H groups in total. The quantitative estimate of drug-likeness (QED) is 0.430. The van der Waals surface area contributed by atoms with Gasteiger partial charge in [0, 0.05) is 11.9 Å². The Balaban J connectivity index is 1.57. The Morgan fingerprint density at radius 3 is 2.39 bits per heavy atom. The fourth-order valence-corrected chi connectivity index (χ4v) is 5.85. The molecule has 2 aliphatic heterocycles. The molecule has 0 unspecified atom stereocenters. The molecule has 0 radical (unpaired) electrons. The molecule has 0 aliphatic carbocycles. The molecule has 1 amide bonds. The molecule has 0 bridgehead atoms. The molecule has 154 valence electrons. The summed E-state index contributed by atoms with van der Waals surface area (Å²) in [7, 11) is 2.00. The second kappa shape index (κ2) is 8.17. The molecule has 2 aliphatic rings. The predicted octanol–water partition coefficient (Wildman–Crippen LogP) is 5.44. The van der Waals surface area contributed by atoms with E-state index in [-0.39, 0.29) is 5.91 Å². The highest BCUT2D eigenvalue weighted by atomic mass is 32.2. The van der Waals surface area contributed by atoms with Gasteiger partial charge in [-0.3, -0.25) is 9.69 Å². The van der Waals surface area contributed by atoms with Crippen LogP contribution in [-0.4, -0.2) is 23.0 Å². The maximum Gasteiger partial charge on any atom is 0.269 e. The van der Waals surface area contributed by atoms with Crippen molar-refractivity contribution in [2.24, 2.45) is 4.99 Å². The average molecular weight is 445 g/mol. The third-order valence-corrected chi connectivity index (χ3v) is 7.56. The molecule has 0 spiro atoms. The van der Waals surface area contributed by atoms with E-state index in [1.54, 1.807) is 16.7 Å². The van der Waals surface area contributed by atoms with Crippen molar-refractivity contribution < 1.29 is 4.79 Å². The molecule has 0 aromatic heterocycles. The van der Waals surface area contributed by atoms with E-state index in [0.717, 1.165) is 21.2 Å². The zero-order valence-corrected chi connectivity index (χ0v) is 18.5. The fourth-order valence-electron chi connectivity index (χ4n) is 3.52. The van der Waals surface area contributed by atoms with Crippen molar-refractivity contribution in [3.63, 3.8) is 0 Å². The number of nitrogens with zero attached hydrogens (tertiary/aromatic N) is 3. The second-order valence-corrected chi connectivity index (χ2v) is 9.20. The Hall–Kier alpha value is -3.16. The van der Waals surface area contributed by atoms with E-state index in [9.17, 15) is 4.79 Å². The van der Waals surface area contributed by atoms with Crippen molar-refractivity contribution in [1.82, 2.24) is 4.90 Å². The van der Waals surface area contributed by atoms with Crippen molar-refractivity contribution in [2.75, 3.05) is 17.7 Å². The lowest BCUT2D eigenvalue weighted by Crippen LogP contribution is -2.29. The molecule has 0 atom stereocenters. The number of rotatable bonds is 3. The first-order valence-corrected chi connectivity index (χ1v) is 11.5. The van der Waals surface area contributed by atoms with Gasteiger partial charge in [-0.25, -0.2) is 4.99 Å². The molecular weight excluding hydrogens is 424 g/mol. The number of nitrogen functional groups attached to an aromatic ring is 1. The van der Waals surface area contributed by atoms with Gasteiger partial charge in [0.2, 0.25) is 0 Å². The van der Waals surface area contributed by atoms with Crippen LogP contribution in [0.15, 0.2) is 98.7 Å². The summed E-state index contributed by atoms with van der Waals surface area (Å²) in [5, 5.41) is 1.57. The Morgan fingerprint density at radius 1 is 0.903 bits per heavy atom. The van der Waals surface area contributed by atoms with Crippen LogP contribution in [0.1, 0.15) is 5.56 Å². The van der Waals surface area contributed by atoms with E-state index in [2.05, 4.69) is 17.0 Å². The van der Waals surface area contributed by atoms with Crippen LogP contribution in [0.4, 0.5) is 17.1 Å². The maximum absolute atomic E-state index is 13.6. The molecule has 5 rings (SSSR count). The minimum Gasteiger partial charge on any atom is -0.397 e. The third kappa shape index (κ3) is 3.71. The molecule has 5 nitrogen and oxygen atoms in total. The Morgan fingerprint density at radius 2 is 1.61 bits per heavy atom. The predicted molar refractivity (Wildman–Crippen MR) is 130 cm³/mol. The van der Waals surface area contributed by atoms with E-state index in [1.807, 2.05) is 73.8 Å². The number of thioether (sulfide) groups is 2. The number of amidine groups is 1. The molecule has 1 fully saturated rings. The number of carbonyl (C=O) groups is 1. The number of fused-ring (bicyclic) bond motifs is 1. The van der Waals surface area contributed by atoms with E-state index in [4.69, 9.17) is 10.7 Å². The second-order valence-electron chi connectivity index (χ2n) is 7.20. The van der Waals surface area contributed by atoms with E-state index in [0.29, 0.717) is 28.0 Å². The monoisotopic (exact) mass is 444 g/mol. The number of aliphatic imine (C=N–C) groups is 1. The van der Waals surface area contributed by atoms with Gasteiger partial charge in [-0.05, 0) is 41.6 Å². The number of anilines is 2. The first-order valence-electron chi connectivity index (χ1n) is 9.83. The molecular formula is C24H20N4OS2. The van der Waals surface area contributed by atoms with Crippen molar-refractivity contribution >= 4 is 51.7 Å². The van der Waals surface area contributed by atoms with Crippen LogP contribution < -0.4 is 10.6 Å². The minimum absolute atomic E-state index is 0.0377. The largest absolute Gasteiger partial charge is 0.397 e. The fraction of sp³-hybridized carbons (Fsp3) is 0.0833. The number of benzene rings is 3. The summed E-state index contributed by atoms with van der Waals surface area (Å²) in [6.07, 6.45) is 0. The van der Waals surface area contributed by atoms with Crippen molar-refractivity contribution in [3.8, 4) is 0 Å². The first-order chi connectivity index (χ1) is 15.1. The summed E-state index contributed by atoms with van der Waals surface area (Å²) in [5.41, 5.74) is 9.53. The van der Waals surface area contributed by atoms with Gasteiger partial charge in [0.05, 0.1) is 28.6 Å². The van der Waals surface area contributed by atoms with E-state index in [1.165, 1.54) is 11.8 Å². The number of amides is 1. The van der Waals surface area contributed by atoms with E-state index >= 15 is 0 Å². The molecule has 7 heteroatoms. The van der Waals surface area contributed by atoms with Crippen LogP contribution in [0.2, 0.25) is 0 Å². The summed E-state index contributed by atoms with van der Waals surface area (Å²) >= 11 is 3.03. The summed E-state index contributed by atoms with van der Waals surface area (Å²) < 4.78 is 0. The summed E-state index contributed by atoms with van der Waals surface area (Å²) in [5.74, 6) is -0.0377. The number of hydrogen-bond acceptors (Lipinski definition) is 6. The number of carbonyl (C=O) groups excluding carboxylic acids is 1. The van der Waals surface area contributed by atoms with Gasteiger partial charge in [-0.1, -0.05) is 66.4 Å². The molecule has 2 heterocycles. The van der Waals surface area contributed by atoms with Crippen molar-refractivity contribution in [2.45, 2.75) is 11.4 Å². The zero-order chi connectivity index (χ0) is 21.4. The molecule has 3 aromatic carbocycles. The standard InChI is InChI=1S/C24H20N4OS2/c1-27-19-13-7-8-14-20(19)30-23(27)21-22(29)28(15-16-9-3-2-4-10-16)24(31-21)26-18-12-6-5-11-17(18)25/h2-14H,15,25H2,1H3/b23-21-,26-24?. The SMILES string of the molecule is CN1/C(=C2/SC(=Nc3ccccc3N)N(Cc3ccccc3)C2=O)Sc2ccccc21. The highest BCUT2D eigenvalue weighted by Crippen LogP contribution is 2.50. The lowest BCUT2D eigenvalue weighted by molar-refractivity contribution is -0.122. The summed E-state index contributed by atoms with van der Waals surface area (Å²) in [6.45, 7) is 0.455. The number of para-hydroxylation sites is 3. The third-order valence-electron chi connectivity index (χ3n) is 5.13. The van der Waals surface area contributed by atoms with Crippen molar-refractivity contribution in [1.29, 1.82) is 0 Å². The van der Waals surface area contributed by atoms with Gasteiger partial charge in [-0.2, -0.15) is 0 Å². The average Bonchev–Trinajstić information content (AvgIpc) is 3.28. The molecule has 3 aromatic rings. The Kier molecular flexibility index (Phi) is 5.21. The number of nitrogens with two attached hydrogens (primary N) is 1. The summed E-state index contributed by atoms with van der Waals surface area (Å²) in [6, 6.07) is 25.6. The lowest BCUT2D eigenvalue weighted by Gasteiger charge is -2.17. The molecule has 31 heavy (non-hydrogen) atoms. The Labute approximate surface area is 189 Å². The van der Waals surface area contributed by atoms with Gasteiger partial charge >= 0.3 is 0 Å². The summed E-state index contributed by atoms with van der Waals surface area (Å²) in [4.78, 5) is 24.0. The van der Waals surface area contributed by atoms with Crippen molar-refractivity contribution in [3.05, 3.63) is 94.4 Å². The normalized spacial score (nSPS) is 19.4. The van der Waals surface area contributed by atoms with Gasteiger partial charge < -0.3 is 10.6 Å². The first kappa shape index (κ1) is 19.8. The van der Waals surface area contributed by atoms with Crippen LogP contribution in [0, 0.1) is 0 Å². The van der Waals surface area contributed by atoms with Gasteiger partial charge in [0.1, 0.15) is 4.91 Å². The van der Waals surface area contributed by atoms with Crippen LogP contribution in [0.5, 0.6) is 0 Å². The highest BCUT2D eigenvalue weighted by molar-refractivity contribution is 8.19. The Bertz CT molecular complexity index is 1220. The van der Waals surface area contributed by atoms with Gasteiger partial charge in [0.25, 0.3) is 5.91 Å². The number of hydrogen-bond donors (Lipinski definition) is 1. The van der Waals surface area contributed by atoms with Gasteiger partial charge in [0.15, 0.2) is 5.17 Å². The molecule has 1 saturated heterocycles. The van der Waals surface area contributed by atoms with Crippen LogP contribution in [0.3, 0.4) is 0 Å². The van der Waals surface area contributed by atoms with Crippen LogP contribution in [0.25, 0.3) is 0 Å². The van der Waals surface area contributed by atoms with Crippen LogP contribution in [-0.2, 0) is 11.3 Å². The highest BCUT2D eigenvalue weighted by Gasteiger charge is 2.39. The topological polar surface area (TPSA) is 61.9 Å². The van der Waals surface area contributed by atoms with E-state index < -0.39 is 0 Å². The smallest absolute Gasteiger partial charge is 0.269 e. The zero-order valence-electron chi connectivity index (χ0n) is 16.9. The molecule has 0 saturated carbocycles. The minimum atomic E-state index is -0.0377. The van der Waals surface area contributed by atoms with Crippen LogP contribution >= 0.6 is 23.5 Å². The lowest BCUT2D eigenvalue weighted by atomic mass is 10.2. The van der Waals surface area contributed by atoms with Gasteiger partial charge in [-0.15, -0.1) is 0 Å².